The molecule has 0 saturated carbocycles. The first kappa shape index (κ1) is 17.1. The molecular weight excluding hydrogens is 310 g/mol. The minimum absolute atomic E-state index is 0.0513. The highest BCUT2D eigenvalue weighted by Crippen LogP contribution is 2.19. The summed E-state index contributed by atoms with van der Waals surface area (Å²) in [4.78, 5) is 21.4. The second kappa shape index (κ2) is 8.40. The van der Waals surface area contributed by atoms with Gasteiger partial charge in [-0.25, -0.2) is 4.98 Å². The maximum Gasteiger partial charge on any atom is 0.207 e. The van der Waals surface area contributed by atoms with Crippen LogP contribution in [0.1, 0.15) is 33.1 Å². The summed E-state index contributed by atoms with van der Waals surface area (Å²) >= 11 is 1.40. The standard InChI is InChI=1S/C16H21N5OS/c17-13(7-4-8-20-16(18)19)14(22)15-21-10-12(23-15)9-11-5-2-1-3-6-11/h1-3,5-6,10,13H,4,7-9,17H2,(H4,18,19,20). The molecule has 0 aliphatic carbocycles. The van der Waals surface area contributed by atoms with Crippen molar-refractivity contribution in [3.63, 3.8) is 0 Å². The molecule has 1 aromatic carbocycles. The SMILES string of the molecule is NC(N)=NCCCC(N)C(=O)c1ncc(Cc2ccccc2)s1. The van der Waals surface area contributed by atoms with Gasteiger partial charge in [0.2, 0.25) is 5.78 Å². The van der Waals surface area contributed by atoms with Gasteiger partial charge in [0.1, 0.15) is 0 Å². The number of aromatic nitrogens is 1. The summed E-state index contributed by atoms with van der Waals surface area (Å²) in [6.07, 6.45) is 3.71. The molecule has 0 fully saturated rings. The number of carbonyl (C=O) groups is 1. The van der Waals surface area contributed by atoms with Crippen LogP contribution >= 0.6 is 11.3 Å². The number of nitrogens with zero attached hydrogens (tertiary/aromatic N) is 2. The van der Waals surface area contributed by atoms with Crippen LogP contribution in [-0.4, -0.2) is 29.3 Å². The van der Waals surface area contributed by atoms with Crippen molar-refractivity contribution in [1.82, 2.24) is 4.98 Å². The lowest BCUT2D eigenvalue weighted by Gasteiger charge is -2.07. The second-order valence-electron chi connectivity index (χ2n) is 5.21. The molecule has 122 valence electrons. The van der Waals surface area contributed by atoms with Gasteiger partial charge in [0.15, 0.2) is 11.0 Å². The highest BCUT2D eigenvalue weighted by molar-refractivity contribution is 7.13. The summed E-state index contributed by atoms with van der Waals surface area (Å²) in [6, 6.07) is 9.50. The van der Waals surface area contributed by atoms with Crippen molar-refractivity contribution < 1.29 is 4.79 Å². The van der Waals surface area contributed by atoms with E-state index in [1.54, 1.807) is 6.20 Å². The van der Waals surface area contributed by atoms with E-state index < -0.39 is 6.04 Å². The van der Waals surface area contributed by atoms with Gasteiger partial charge in [-0.15, -0.1) is 11.3 Å². The number of nitrogens with two attached hydrogens (primary N) is 3. The summed E-state index contributed by atoms with van der Waals surface area (Å²) in [5, 5.41) is 0.463. The van der Waals surface area contributed by atoms with Gasteiger partial charge in [-0.2, -0.15) is 0 Å². The zero-order valence-corrected chi connectivity index (χ0v) is 13.6. The van der Waals surface area contributed by atoms with Gasteiger partial charge in [-0.3, -0.25) is 9.79 Å². The quantitative estimate of drug-likeness (QED) is 0.291. The maximum absolute atomic E-state index is 12.3. The molecule has 1 atom stereocenters. The zero-order valence-electron chi connectivity index (χ0n) is 12.8. The number of rotatable bonds is 8. The molecule has 0 bridgehead atoms. The number of guanidine groups is 1. The Bertz CT molecular complexity index is 664. The molecule has 0 radical (unpaired) electrons. The van der Waals surface area contributed by atoms with E-state index >= 15 is 0 Å². The van der Waals surface area contributed by atoms with E-state index in [4.69, 9.17) is 17.2 Å². The van der Waals surface area contributed by atoms with Gasteiger partial charge in [0, 0.05) is 24.0 Å². The Balaban J connectivity index is 1.89. The number of ketones is 1. The smallest absolute Gasteiger partial charge is 0.207 e. The molecule has 2 rings (SSSR count). The lowest BCUT2D eigenvalue weighted by Crippen LogP contribution is -2.30. The molecule has 23 heavy (non-hydrogen) atoms. The number of thiazole rings is 1. The minimum Gasteiger partial charge on any atom is -0.370 e. The van der Waals surface area contributed by atoms with E-state index in [0.717, 1.165) is 11.3 Å². The molecule has 0 aliphatic heterocycles. The number of carbonyl (C=O) groups excluding carboxylic acids is 1. The van der Waals surface area contributed by atoms with E-state index in [9.17, 15) is 4.79 Å². The Kier molecular flexibility index (Phi) is 6.25. The van der Waals surface area contributed by atoms with Crippen LogP contribution in [0.3, 0.4) is 0 Å². The molecule has 1 unspecified atom stereocenters. The van der Waals surface area contributed by atoms with Crippen LogP contribution in [-0.2, 0) is 6.42 Å². The Hall–Kier alpha value is -2.25. The summed E-state index contributed by atoms with van der Waals surface area (Å²) in [6.45, 7) is 0.473. The molecule has 0 spiro atoms. The van der Waals surface area contributed by atoms with Gasteiger partial charge >= 0.3 is 0 Å². The molecule has 2 aromatic rings. The van der Waals surface area contributed by atoms with Crippen molar-refractivity contribution in [2.24, 2.45) is 22.2 Å². The Morgan fingerprint density at radius 1 is 1.26 bits per heavy atom. The summed E-state index contributed by atoms with van der Waals surface area (Å²) in [5.41, 5.74) is 17.6. The normalized spacial score (nSPS) is 11.9. The second-order valence-corrected chi connectivity index (χ2v) is 6.33. The van der Waals surface area contributed by atoms with E-state index in [2.05, 4.69) is 22.1 Å². The fourth-order valence-electron chi connectivity index (χ4n) is 2.11. The Morgan fingerprint density at radius 2 is 2.00 bits per heavy atom. The van der Waals surface area contributed by atoms with Crippen LogP contribution in [0.2, 0.25) is 0 Å². The molecule has 6 nitrogen and oxygen atoms in total. The maximum atomic E-state index is 12.3. The fourth-order valence-corrected chi connectivity index (χ4v) is 3.06. The number of Topliss-reactive ketones (excluding diaryl/α,β-unsaturated/α-hetero) is 1. The molecule has 0 saturated heterocycles. The average Bonchev–Trinajstić information content (AvgIpc) is 3.00. The first-order valence-corrected chi connectivity index (χ1v) is 8.21. The number of aliphatic imine (C=N–C) groups is 1. The van der Waals surface area contributed by atoms with Gasteiger partial charge < -0.3 is 17.2 Å². The summed E-state index contributed by atoms with van der Waals surface area (Å²) < 4.78 is 0. The minimum atomic E-state index is -0.570. The summed E-state index contributed by atoms with van der Waals surface area (Å²) in [5.74, 6) is -0.0746. The van der Waals surface area contributed by atoms with E-state index in [-0.39, 0.29) is 11.7 Å². The topological polar surface area (TPSA) is 120 Å². The highest BCUT2D eigenvalue weighted by atomic mass is 32.1. The van der Waals surface area contributed by atoms with Gasteiger partial charge in [0.25, 0.3) is 0 Å². The van der Waals surface area contributed by atoms with Crippen molar-refractivity contribution in [2.75, 3.05) is 6.54 Å². The first-order valence-electron chi connectivity index (χ1n) is 7.40. The van der Waals surface area contributed by atoms with Crippen LogP contribution in [0, 0.1) is 0 Å². The Morgan fingerprint density at radius 3 is 2.70 bits per heavy atom. The van der Waals surface area contributed by atoms with E-state index in [1.165, 1.54) is 16.9 Å². The first-order chi connectivity index (χ1) is 11.1. The number of hydrogen-bond acceptors (Lipinski definition) is 5. The predicted octanol–water partition coefficient (Wildman–Crippen LogP) is 1.30. The van der Waals surface area contributed by atoms with E-state index in [1.807, 2.05) is 18.2 Å². The van der Waals surface area contributed by atoms with Crippen LogP contribution in [0.5, 0.6) is 0 Å². The molecule has 6 N–H and O–H groups in total. The van der Waals surface area contributed by atoms with Crippen molar-refractivity contribution in [3.05, 3.63) is 52.0 Å². The third kappa shape index (κ3) is 5.46. The van der Waals surface area contributed by atoms with Gasteiger partial charge in [0.05, 0.1) is 6.04 Å². The molecule has 7 heteroatoms. The zero-order chi connectivity index (χ0) is 16.7. The van der Waals surface area contributed by atoms with Crippen LogP contribution < -0.4 is 17.2 Å². The monoisotopic (exact) mass is 331 g/mol. The third-order valence-corrected chi connectivity index (χ3v) is 4.30. The van der Waals surface area contributed by atoms with Crippen molar-refractivity contribution >= 4 is 23.1 Å². The van der Waals surface area contributed by atoms with Crippen LogP contribution in [0.4, 0.5) is 0 Å². The van der Waals surface area contributed by atoms with Crippen LogP contribution in [0.15, 0.2) is 41.5 Å². The van der Waals surface area contributed by atoms with Crippen LogP contribution in [0.25, 0.3) is 0 Å². The molecule has 1 aromatic heterocycles. The molecule has 0 aliphatic rings. The van der Waals surface area contributed by atoms with Crippen molar-refractivity contribution in [3.8, 4) is 0 Å². The lowest BCUT2D eigenvalue weighted by atomic mass is 10.1. The summed E-state index contributed by atoms with van der Waals surface area (Å²) in [7, 11) is 0. The molecule has 0 amide bonds. The third-order valence-electron chi connectivity index (χ3n) is 3.29. The van der Waals surface area contributed by atoms with Gasteiger partial charge in [-0.05, 0) is 18.4 Å². The fraction of sp³-hybridized carbons (Fsp3) is 0.312. The largest absolute Gasteiger partial charge is 0.370 e. The number of hydrogen-bond donors (Lipinski definition) is 3. The molecular formula is C16H21N5OS. The van der Waals surface area contributed by atoms with Crippen molar-refractivity contribution in [1.29, 1.82) is 0 Å². The Labute approximate surface area is 139 Å². The van der Waals surface area contributed by atoms with E-state index in [0.29, 0.717) is 24.4 Å². The average molecular weight is 331 g/mol. The van der Waals surface area contributed by atoms with Gasteiger partial charge in [-0.1, -0.05) is 30.3 Å². The van der Waals surface area contributed by atoms with Crippen molar-refractivity contribution in [2.45, 2.75) is 25.3 Å². The highest BCUT2D eigenvalue weighted by Gasteiger charge is 2.19. The molecule has 1 heterocycles. The lowest BCUT2D eigenvalue weighted by molar-refractivity contribution is 0.0956. The number of benzene rings is 1. The predicted molar refractivity (Wildman–Crippen MR) is 93.6 cm³/mol.